The standard InChI is InChI=1S/C19H12ClN3O6/c20-17-3-1-2-4-18(17)21-19(24)12-5-7-15(8-6-12)29-16-10-13(22(25)26)9-14(11-16)23(27)28/h1-11H,(H,21,24). The molecule has 0 spiro atoms. The Morgan fingerprint density at radius 3 is 2.00 bits per heavy atom. The number of amides is 1. The van der Waals surface area contributed by atoms with Crippen LogP contribution >= 0.6 is 11.6 Å². The van der Waals surface area contributed by atoms with Gasteiger partial charge in [-0.3, -0.25) is 25.0 Å². The van der Waals surface area contributed by atoms with Crippen LogP contribution in [0.25, 0.3) is 0 Å². The van der Waals surface area contributed by atoms with Crippen molar-refractivity contribution in [2.45, 2.75) is 0 Å². The van der Waals surface area contributed by atoms with Gasteiger partial charge in [0, 0.05) is 5.56 Å². The van der Waals surface area contributed by atoms with E-state index in [-0.39, 0.29) is 11.5 Å². The molecule has 9 nitrogen and oxygen atoms in total. The van der Waals surface area contributed by atoms with Gasteiger partial charge in [0.05, 0.1) is 38.8 Å². The number of non-ortho nitro benzene ring substituents is 2. The van der Waals surface area contributed by atoms with Crippen LogP contribution in [0, 0.1) is 20.2 Å². The molecule has 1 N–H and O–H groups in total. The van der Waals surface area contributed by atoms with Crippen molar-refractivity contribution in [1.29, 1.82) is 0 Å². The van der Waals surface area contributed by atoms with E-state index >= 15 is 0 Å². The molecule has 10 heteroatoms. The van der Waals surface area contributed by atoms with E-state index in [0.717, 1.165) is 18.2 Å². The highest BCUT2D eigenvalue weighted by molar-refractivity contribution is 6.33. The Morgan fingerprint density at radius 2 is 1.45 bits per heavy atom. The first kappa shape index (κ1) is 19.8. The zero-order chi connectivity index (χ0) is 21.0. The molecule has 0 heterocycles. The van der Waals surface area contributed by atoms with E-state index < -0.39 is 27.1 Å². The molecule has 0 bridgehead atoms. The smallest absolute Gasteiger partial charge is 0.280 e. The Bertz CT molecular complexity index is 1070. The third kappa shape index (κ3) is 4.85. The fourth-order valence-corrected chi connectivity index (χ4v) is 2.59. The molecule has 3 aromatic rings. The van der Waals surface area contributed by atoms with Gasteiger partial charge in [-0.15, -0.1) is 0 Å². The molecule has 3 rings (SSSR count). The quantitative estimate of drug-likeness (QED) is 0.437. The molecule has 0 fully saturated rings. The maximum absolute atomic E-state index is 12.3. The summed E-state index contributed by atoms with van der Waals surface area (Å²) in [4.78, 5) is 32.7. The highest BCUT2D eigenvalue weighted by Crippen LogP contribution is 2.31. The lowest BCUT2D eigenvalue weighted by molar-refractivity contribution is -0.394. The van der Waals surface area contributed by atoms with E-state index in [1.54, 1.807) is 24.3 Å². The number of nitrogens with one attached hydrogen (secondary N) is 1. The fraction of sp³-hybridized carbons (Fsp3) is 0. The number of carbonyl (C=O) groups excluding carboxylic acids is 1. The molecule has 0 saturated heterocycles. The number of rotatable bonds is 6. The minimum Gasteiger partial charge on any atom is -0.457 e. The number of anilines is 1. The lowest BCUT2D eigenvalue weighted by Gasteiger charge is -2.09. The first-order chi connectivity index (χ1) is 13.8. The molecule has 29 heavy (non-hydrogen) atoms. The van der Waals surface area contributed by atoms with Crippen LogP contribution in [-0.2, 0) is 0 Å². The summed E-state index contributed by atoms with van der Waals surface area (Å²) in [5.74, 6) is -0.219. The molecular weight excluding hydrogens is 402 g/mol. The van der Waals surface area contributed by atoms with Crippen LogP contribution in [-0.4, -0.2) is 15.8 Å². The van der Waals surface area contributed by atoms with Gasteiger partial charge in [-0.05, 0) is 36.4 Å². The number of nitro benzene ring substituents is 2. The Balaban J connectivity index is 1.77. The second kappa shape index (κ2) is 8.36. The van der Waals surface area contributed by atoms with Crippen molar-refractivity contribution in [3.63, 3.8) is 0 Å². The maximum Gasteiger partial charge on any atom is 0.280 e. The van der Waals surface area contributed by atoms with Crippen molar-refractivity contribution in [3.05, 3.63) is 97.5 Å². The van der Waals surface area contributed by atoms with Crippen LogP contribution in [0.2, 0.25) is 5.02 Å². The Labute approximate surface area is 168 Å². The second-order valence-corrected chi connectivity index (χ2v) is 6.17. The lowest BCUT2D eigenvalue weighted by atomic mass is 10.2. The van der Waals surface area contributed by atoms with Crippen LogP contribution in [0.15, 0.2) is 66.7 Å². The lowest BCUT2D eigenvalue weighted by Crippen LogP contribution is -2.11. The molecular formula is C19H12ClN3O6. The summed E-state index contributed by atoms with van der Waals surface area (Å²) in [7, 11) is 0. The average Bonchev–Trinajstić information content (AvgIpc) is 2.70. The molecule has 0 aliphatic carbocycles. The van der Waals surface area contributed by atoms with Crippen LogP contribution in [0.1, 0.15) is 10.4 Å². The third-order valence-corrected chi connectivity index (χ3v) is 4.10. The predicted octanol–water partition coefficient (Wildman–Crippen LogP) is 5.20. The van der Waals surface area contributed by atoms with Crippen molar-refractivity contribution >= 4 is 34.6 Å². The number of nitro groups is 2. The predicted molar refractivity (Wildman–Crippen MR) is 106 cm³/mol. The van der Waals surface area contributed by atoms with Gasteiger partial charge >= 0.3 is 0 Å². The van der Waals surface area contributed by atoms with Crippen LogP contribution < -0.4 is 10.1 Å². The SMILES string of the molecule is O=C(Nc1ccccc1Cl)c1ccc(Oc2cc([N+](=O)[O-])cc([N+](=O)[O-])c2)cc1. The molecule has 0 saturated carbocycles. The Morgan fingerprint density at radius 1 is 0.862 bits per heavy atom. The van der Waals surface area contributed by atoms with Gasteiger partial charge in [0.15, 0.2) is 0 Å². The first-order valence-corrected chi connectivity index (χ1v) is 8.49. The number of nitrogens with zero attached hydrogens (tertiary/aromatic N) is 2. The monoisotopic (exact) mass is 413 g/mol. The van der Waals surface area contributed by atoms with Gasteiger partial charge < -0.3 is 10.1 Å². The number of halogens is 1. The maximum atomic E-state index is 12.3. The van der Waals surface area contributed by atoms with E-state index in [2.05, 4.69) is 5.32 Å². The number of para-hydroxylation sites is 1. The topological polar surface area (TPSA) is 125 Å². The zero-order valence-electron chi connectivity index (χ0n) is 14.6. The van der Waals surface area contributed by atoms with E-state index in [0.29, 0.717) is 16.3 Å². The van der Waals surface area contributed by atoms with Gasteiger partial charge in [-0.1, -0.05) is 23.7 Å². The second-order valence-electron chi connectivity index (χ2n) is 5.76. The zero-order valence-corrected chi connectivity index (χ0v) is 15.3. The number of carbonyl (C=O) groups is 1. The van der Waals surface area contributed by atoms with Crippen LogP contribution in [0.4, 0.5) is 17.1 Å². The van der Waals surface area contributed by atoms with Crippen LogP contribution in [0.5, 0.6) is 11.5 Å². The summed E-state index contributed by atoms with van der Waals surface area (Å²) in [5, 5.41) is 25.0. The summed E-state index contributed by atoms with van der Waals surface area (Å²) in [6, 6.07) is 15.7. The Hall–Kier alpha value is -3.98. The molecule has 0 aliphatic rings. The van der Waals surface area contributed by atoms with Crippen molar-refractivity contribution < 1.29 is 19.4 Å². The van der Waals surface area contributed by atoms with Crippen LogP contribution in [0.3, 0.4) is 0 Å². The summed E-state index contributed by atoms with van der Waals surface area (Å²) >= 11 is 6.01. The largest absolute Gasteiger partial charge is 0.457 e. The molecule has 0 atom stereocenters. The van der Waals surface area contributed by atoms with Gasteiger partial charge in [0.1, 0.15) is 11.5 Å². The number of hydrogen-bond donors (Lipinski definition) is 1. The van der Waals surface area contributed by atoms with Gasteiger partial charge in [-0.25, -0.2) is 0 Å². The van der Waals surface area contributed by atoms with Crippen molar-refractivity contribution in [3.8, 4) is 11.5 Å². The molecule has 146 valence electrons. The molecule has 0 aromatic heterocycles. The third-order valence-electron chi connectivity index (χ3n) is 3.77. The summed E-state index contributed by atoms with van der Waals surface area (Å²) < 4.78 is 5.47. The highest BCUT2D eigenvalue weighted by atomic mass is 35.5. The minimum absolute atomic E-state index is 0.0702. The van der Waals surface area contributed by atoms with Crippen molar-refractivity contribution in [2.24, 2.45) is 0 Å². The van der Waals surface area contributed by atoms with Crippen molar-refractivity contribution in [1.82, 2.24) is 0 Å². The van der Waals surface area contributed by atoms with E-state index in [4.69, 9.17) is 16.3 Å². The van der Waals surface area contributed by atoms with Gasteiger partial charge in [0.25, 0.3) is 17.3 Å². The first-order valence-electron chi connectivity index (χ1n) is 8.11. The van der Waals surface area contributed by atoms with E-state index in [1.807, 2.05) is 0 Å². The van der Waals surface area contributed by atoms with E-state index in [1.165, 1.54) is 24.3 Å². The highest BCUT2D eigenvalue weighted by Gasteiger charge is 2.17. The molecule has 1 amide bonds. The molecule has 0 radical (unpaired) electrons. The molecule has 3 aromatic carbocycles. The number of ether oxygens (including phenoxy) is 1. The molecule has 0 unspecified atom stereocenters. The average molecular weight is 414 g/mol. The van der Waals surface area contributed by atoms with Crippen molar-refractivity contribution in [2.75, 3.05) is 5.32 Å². The number of hydrogen-bond acceptors (Lipinski definition) is 6. The van der Waals surface area contributed by atoms with Gasteiger partial charge in [0.2, 0.25) is 0 Å². The summed E-state index contributed by atoms with van der Waals surface area (Å²) in [6.07, 6.45) is 0. The normalized spacial score (nSPS) is 10.2. The molecule has 0 aliphatic heterocycles. The Kier molecular flexibility index (Phi) is 5.70. The fourth-order valence-electron chi connectivity index (χ4n) is 2.41. The minimum atomic E-state index is -0.748. The number of benzene rings is 3. The van der Waals surface area contributed by atoms with E-state index in [9.17, 15) is 25.0 Å². The summed E-state index contributed by atoms with van der Waals surface area (Å²) in [6.45, 7) is 0. The summed E-state index contributed by atoms with van der Waals surface area (Å²) in [5.41, 5.74) is -0.152. The van der Waals surface area contributed by atoms with Gasteiger partial charge in [-0.2, -0.15) is 0 Å².